The van der Waals surface area contributed by atoms with Crippen molar-refractivity contribution in [2.24, 2.45) is 0 Å². The lowest BCUT2D eigenvalue weighted by Crippen LogP contribution is -2.37. The van der Waals surface area contributed by atoms with Gasteiger partial charge in [0.05, 0.1) is 12.2 Å². The van der Waals surface area contributed by atoms with Crippen LogP contribution in [0.1, 0.15) is 30.6 Å². The highest BCUT2D eigenvalue weighted by atomic mass is 16.5. The van der Waals surface area contributed by atoms with E-state index in [2.05, 4.69) is 17.4 Å². The number of benzene rings is 1. The van der Waals surface area contributed by atoms with Crippen LogP contribution >= 0.6 is 0 Å². The smallest absolute Gasteiger partial charge is 0.134 e. The second-order valence-corrected chi connectivity index (χ2v) is 5.73. The molecule has 2 aromatic rings. The van der Waals surface area contributed by atoms with Gasteiger partial charge >= 0.3 is 0 Å². The minimum atomic E-state index is 0.434. The van der Waals surface area contributed by atoms with Gasteiger partial charge in [-0.2, -0.15) is 0 Å². The molecule has 3 unspecified atom stereocenters. The summed E-state index contributed by atoms with van der Waals surface area (Å²) in [5.74, 6) is 1.03. The molecule has 2 aliphatic rings. The minimum absolute atomic E-state index is 0.434. The molecule has 2 bridgehead atoms. The first kappa shape index (κ1) is 11.5. The van der Waals surface area contributed by atoms with Crippen molar-refractivity contribution >= 4 is 11.0 Å². The van der Waals surface area contributed by atoms with Crippen LogP contribution in [0.5, 0.6) is 0 Å². The largest absolute Gasteiger partial charge is 0.461 e. The quantitative estimate of drug-likeness (QED) is 0.917. The number of hydrogen-bond acceptors (Lipinski definition) is 3. The molecule has 3 atom stereocenters. The van der Waals surface area contributed by atoms with E-state index in [0.717, 1.165) is 17.9 Å². The lowest BCUT2D eigenvalue weighted by molar-refractivity contribution is 0.0973. The van der Waals surface area contributed by atoms with Crippen molar-refractivity contribution < 1.29 is 9.15 Å². The van der Waals surface area contributed by atoms with Gasteiger partial charge in [0.25, 0.3) is 0 Å². The Bertz CT molecular complexity index is 604. The molecule has 1 N–H and O–H groups in total. The summed E-state index contributed by atoms with van der Waals surface area (Å²) in [6.45, 7) is 2.93. The van der Waals surface area contributed by atoms with Crippen molar-refractivity contribution in [1.29, 1.82) is 0 Å². The standard InChI is InChI=1S/C16H19NO2/c1-10-13(12-4-2-3-5-15(12)18-10)9-17-14-8-11-6-7-16(14)19-11/h2-5,11,14,16-17H,6-9H2,1H3. The molecule has 100 valence electrons. The van der Waals surface area contributed by atoms with Gasteiger partial charge in [0.1, 0.15) is 11.3 Å². The number of rotatable bonds is 3. The van der Waals surface area contributed by atoms with Crippen molar-refractivity contribution in [3.63, 3.8) is 0 Å². The summed E-state index contributed by atoms with van der Waals surface area (Å²) in [5, 5.41) is 4.90. The highest BCUT2D eigenvalue weighted by Crippen LogP contribution is 2.35. The molecule has 2 saturated heterocycles. The SMILES string of the molecule is Cc1oc2ccccc2c1CNC1CC2CCC1O2. The van der Waals surface area contributed by atoms with Crippen molar-refractivity contribution in [3.8, 4) is 0 Å². The average molecular weight is 257 g/mol. The van der Waals surface area contributed by atoms with Gasteiger partial charge in [0.2, 0.25) is 0 Å². The fraction of sp³-hybridized carbons (Fsp3) is 0.500. The Labute approximate surface area is 112 Å². The third-order valence-corrected chi connectivity index (χ3v) is 4.55. The number of ether oxygens (including phenoxy) is 1. The molecule has 2 aliphatic heterocycles. The van der Waals surface area contributed by atoms with Gasteiger partial charge in [0, 0.05) is 23.5 Å². The fourth-order valence-corrected chi connectivity index (χ4v) is 3.53. The molecular formula is C16H19NO2. The van der Waals surface area contributed by atoms with E-state index in [-0.39, 0.29) is 0 Å². The highest BCUT2D eigenvalue weighted by molar-refractivity contribution is 5.82. The maximum Gasteiger partial charge on any atom is 0.134 e. The van der Waals surface area contributed by atoms with Crippen LogP contribution in [0.25, 0.3) is 11.0 Å². The van der Waals surface area contributed by atoms with E-state index in [4.69, 9.17) is 9.15 Å². The monoisotopic (exact) mass is 257 g/mol. The molecule has 19 heavy (non-hydrogen) atoms. The zero-order valence-corrected chi connectivity index (χ0v) is 11.2. The maximum absolute atomic E-state index is 5.89. The summed E-state index contributed by atoms with van der Waals surface area (Å²) in [6.07, 6.45) is 4.57. The molecule has 1 aromatic carbocycles. The zero-order chi connectivity index (χ0) is 12.8. The molecule has 2 fully saturated rings. The number of hydrogen-bond donors (Lipinski definition) is 1. The minimum Gasteiger partial charge on any atom is -0.461 e. The van der Waals surface area contributed by atoms with Crippen molar-refractivity contribution in [1.82, 2.24) is 5.32 Å². The first-order valence-electron chi connectivity index (χ1n) is 7.17. The average Bonchev–Trinajstić information content (AvgIpc) is 3.09. The highest BCUT2D eigenvalue weighted by Gasteiger charge is 2.40. The molecule has 3 heterocycles. The first-order valence-corrected chi connectivity index (χ1v) is 7.17. The van der Waals surface area contributed by atoms with E-state index in [9.17, 15) is 0 Å². The third-order valence-electron chi connectivity index (χ3n) is 4.55. The maximum atomic E-state index is 5.89. The van der Waals surface area contributed by atoms with E-state index < -0.39 is 0 Å². The predicted octanol–water partition coefficient (Wildman–Crippen LogP) is 3.15. The number of fused-ring (bicyclic) bond motifs is 3. The number of aryl methyl sites for hydroxylation is 1. The van der Waals surface area contributed by atoms with Gasteiger partial charge < -0.3 is 14.5 Å². The third kappa shape index (κ3) is 1.88. The molecule has 4 rings (SSSR count). The van der Waals surface area contributed by atoms with Gasteiger partial charge in [0.15, 0.2) is 0 Å². The second kappa shape index (κ2) is 4.36. The van der Waals surface area contributed by atoms with Gasteiger partial charge in [-0.1, -0.05) is 18.2 Å². The normalized spacial score (nSPS) is 29.4. The van der Waals surface area contributed by atoms with Gasteiger partial charge in [-0.15, -0.1) is 0 Å². The van der Waals surface area contributed by atoms with E-state index in [1.54, 1.807) is 0 Å². The fourth-order valence-electron chi connectivity index (χ4n) is 3.53. The van der Waals surface area contributed by atoms with E-state index in [1.165, 1.54) is 30.2 Å². The van der Waals surface area contributed by atoms with Crippen LogP contribution in [-0.2, 0) is 11.3 Å². The van der Waals surface area contributed by atoms with Crippen LogP contribution in [0.15, 0.2) is 28.7 Å². The van der Waals surface area contributed by atoms with Crippen LogP contribution < -0.4 is 5.32 Å². The van der Waals surface area contributed by atoms with Crippen LogP contribution in [0, 0.1) is 6.92 Å². The zero-order valence-electron chi connectivity index (χ0n) is 11.2. The second-order valence-electron chi connectivity index (χ2n) is 5.73. The Morgan fingerprint density at radius 3 is 2.95 bits per heavy atom. The Morgan fingerprint density at radius 2 is 2.16 bits per heavy atom. The summed E-state index contributed by atoms with van der Waals surface area (Å²) in [7, 11) is 0. The lowest BCUT2D eigenvalue weighted by atomic mass is 9.95. The Morgan fingerprint density at radius 1 is 1.26 bits per heavy atom. The summed E-state index contributed by atoms with van der Waals surface area (Å²) in [6, 6.07) is 8.78. The molecule has 3 nitrogen and oxygen atoms in total. The Balaban J connectivity index is 1.54. The molecular weight excluding hydrogens is 238 g/mol. The summed E-state index contributed by atoms with van der Waals surface area (Å²) >= 11 is 0. The predicted molar refractivity (Wildman–Crippen MR) is 74.1 cm³/mol. The number of furan rings is 1. The summed E-state index contributed by atoms with van der Waals surface area (Å²) < 4.78 is 11.7. The molecule has 0 saturated carbocycles. The van der Waals surface area contributed by atoms with Crippen molar-refractivity contribution in [2.45, 2.75) is 51.0 Å². The van der Waals surface area contributed by atoms with Gasteiger partial charge in [-0.3, -0.25) is 0 Å². The Kier molecular flexibility index (Phi) is 2.64. The number of nitrogens with one attached hydrogen (secondary N) is 1. The summed E-state index contributed by atoms with van der Waals surface area (Å²) in [5.41, 5.74) is 2.28. The topological polar surface area (TPSA) is 34.4 Å². The van der Waals surface area contributed by atoms with Crippen LogP contribution in [0.2, 0.25) is 0 Å². The van der Waals surface area contributed by atoms with Crippen LogP contribution in [0.3, 0.4) is 0 Å². The van der Waals surface area contributed by atoms with Gasteiger partial charge in [-0.25, -0.2) is 0 Å². The van der Waals surface area contributed by atoms with Crippen LogP contribution in [-0.4, -0.2) is 18.2 Å². The van der Waals surface area contributed by atoms with Crippen molar-refractivity contribution in [3.05, 3.63) is 35.6 Å². The molecule has 0 aliphatic carbocycles. The molecule has 0 spiro atoms. The molecule has 1 aromatic heterocycles. The first-order chi connectivity index (χ1) is 9.31. The van der Waals surface area contributed by atoms with Crippen LogP contribution in [0.4, 0.5) is 0 Å². The Hall–Kier alpha value is -1.32. The lowest BCUT2D eigenvalue weighted by Gasteiger charge is -2.19. The molecule has 0 radical (unpaired) electrons. The number of para-hydroxylation sites is 1. The van der Waals surface area contributed by atoms with Gasteiger partial charge in [-0.05, 0) is 32.3 Å². The van der Waals surface area contributed by atoms with E-state index in [0.29, 0.717) is 18.2 Å². The molecule has 0 amide bonds. The summed E-state index contributed by atoms with van der Waals surface area (Å²) in [4.78, 5) is 0. The van der Waals surface area contributed by atoms with Crippen molar-refractivity contribution in [2.75, 3.05) is 0 Å². The van der Waals surface area contributed by atoms with E-state index >= 15 is 0 Å². The van der Waals surface area contributed by atoms with E-state index in [1.807, 2.05) is 19.1 Å². The molecule has 3 heteroatoms.